The smallest absolute Gasteiger partial charge is 0.230 e. The number of aliphatic hydroxyl groups excluding tert-OH is 1. The number of aromatic nitrogens is 1. The highest BCUT2D eigenvalue weighted by Crippen LogP contribution is 2.24. The van der Waals surface area contributed by atoms with Gasteiger partial charge in [-0.15, -0.1) is 11.3 Å². The highest BCUT2D eigenvalue weighted by molar-refractivity contribution is 7.13. The monoisotopic (exact) mass is 367 g/mol. The molecule has 1 aromatic heterocycles. The Labute approximate surface area is 148 Å². The molecule has 5 nitrogen and oxygen atoms in total. The van der Waals surface area contributed by atoms with Gasteiger partial charge in [-0.2, -0.15) is 0 Å². The summed E-state index contributed by atoms with van der Waals surface area (Å²) in [5.41, 5.74) is -0.0608. The van der Waals surface area contributed by atoms with E-state index >= 15 is 0 Å². The van der Waals surface area contributed by atoms with Crippen LogP contribution in [0.1, 0.15) is 24.5 Å². The number of β-amino-alcohol motifs (C(OH)–C–C–N with tert-alkyl or cyclic N) is 1. The number of aliphatic hydroxyl groups is 1. The molecule has 1 fully saturated rings. The van der Waals surface area contributed by atoms with Crippen molar-refractivity contribution >= 4 is 22.4 Å². The van der Waals surface area contributed by atoms with Crippen LogP contribution in [0.2, 0.25) is 0 Å². The summed E-state index contributed by atoms with van der Waals surface area (Å²) >= 11 is 1.35. The fourth-order valence-electron chi connectivity index (χ4n) is 3.04. The van der Waals surface area contributed by atoms with Crippen molar-refractivity contribution in [1.29, 1.82) is 0 Å². The second-order valence-electron chi connectivity index (χ2n) is 6.11. The molecule has 8 heteroatoms. The highest BCUT2D eigenvalue weighted by atomic mass is 32.1. The summed E-state index contributed by atoms with van der Waals surface area (Å²) in [7, 11) is 0. The van der Waals surface area contributed by atoms with E-state index in [1.807, 2.05) is 4.90 Å². The zero-order valence-corrected chi connectivity index (χ0v) is 14.3. The number of thiazole rings is 1. The Bertz CT molecular complexity index is 727. The van der Waals surface area contributed by atoms with Gasteiger partial charge in [0.25, 0.3) is 0 Å². The number of nitrogens with zero attached hydrogens (tertiary/aromatic N) is 2. The number of rotatable bonds is 5. The maximum atomic E-state index is 13.8. The SMILES string of the molecule is O=C(Nc1nccs1)[C@@H]1CCCN(C[C@@H](O)c2cc(F)ccc2F)C1. The van der Waals surface area contributed by atoms with Gasteiger partial charge in [0.05, 0.1) is 12.0 Å². The number of hydrogen-bond acceptors (Lipinski definition) is 5. The molecule has 3 rings (SSSR count). The lowest BCUT2D eigenvalue weighted by atomic mass is 9.96. The molecule has 0 unspecified atom stereocenters. The van der Waals surface area contributed by atoms with E-state index in [9.17, 15) is 18.7 Å². The number of likely N-dealkylation sites (tertiary alicyclic amines) is 1. The first kappa shape index (κ1) is 17.9. The van der Waals surface area contributed by atoms with Crippen molar-refractivity contribution in [2.24, 2.45) is 5.92 Å². The molecule has 1 aliphatic rings. The Kier molecular flexibility index (Phi) is 5.72. The number of nitrogens with one attached hydrogen (secondary N) is 1. The molecule has 2 aromatic rings. The summed E-state index contributed by atoms with van der Waals surface area (Å²) in [5, 5.41) is 15.4. The van der Waals surface area contributed by atoms with Crippen molar-refractivity contribution in [2.75, 3.05) is 25.0 Å². The van der Waals surface area contributed by atoms with Crippen LogP contribution in [-0.4, -0.2) is 40.5 Å². The van der Waals surface area contributed by atoms with Crippen LogP contribution in [0.15, 0.2) is 29.8 Å². The van der Waals surface area contributed by atoms with Crippen molar-refractivity contribution in [3.8, 4) is 0 Å². The molecule has 0 aliphatic carbocycles. The average molecular weight is 367 g/mol. The lowest BCUT2D eigenvalue weighted by Crippen LogP contribution is -2.42. The Morgan fingerprint density at radius 2 is 2.32 bits per heavy atom. The first-order valence-corrected chi connectivity index (χ1v) is 8.96. The van der Waals surface area contributed by atoms with Gasteiger partial charge in [-0.1, -0.05) is 0 Å². The van der Waals surface area contributed by atoms with Gasteiger partial charge in [0.2, 0.25) is 5.91 Å². The highest BCUT2D eigenvalue weighted by Gasteiger charge is 2.28. The van der Waals surface area contributed by atoms with E-state index in [4.69, 9.17) is 0 Å². The molecule has 0 saturated carbocycles. The number of anilines is 1. The zero-order valence-electron chi connectivity index (χ0n) is 13.5. The van der Waals surface area contributed by atoms with E-state index in [0.29, 0.717) is 18.2 Å². The first-order valence-electron chi connectivity index (χ1n) is 8.08. The summed E-state index contributed by atoms with van der Waals surface area (Å²) in [6.07, 6.45) is 2.03. The van der Waals surface area contributed by atoms with Gasteiger partial charge in [-0.25, -0.2) is 13.8 Å². The summed E-state index contributed by atoms with van der Waals surface area (Å²) in [6.45, 7) is 1.32. The molecule has 25 heavy (non-hydrogen) atoms. The molecule has 0 bridgehead atoms. The number of carbonyl (C=O) groups excluding carboxylic acids is 1. The third kappa shape index (κ3) is 4.59. The van der Waals surface area contributed by atoms with Crippen LogP contribution in [0.4, 0.5) is 13.9 Å². The Morgan fingerprint density at radius 3 is 3.08 bits per heavy atom. The van der Waals surface area contributed by atoms with E-state index in [1.165, 1.54) is 11.3 Å². The van der Waals surface area contributed by atoms with E-state index in [2.05, 4.69) is 10.3 Å². The van der Waals surface area contributed by atoms with E-state index < -0.39 is 17.7 Å². The van der Waals surface area contributed by atoms with E-state index in [0.717, 1.165) is 31.0 Å². The molecule has 2 N–H and O–H groups in total. The van der Waals surface area contributed by atoms with Crippen molar-refractivity contribution in [1.82, 2.24) is 9.88 Å². The molecule has 1 saturated heterocycles. The molecule has 134 valence electrons. The Balaban J connectivity index is 1.59. The quantitative estimate of drug-likeness (QED) is 0.853. The van der Waals surface area contributed by atoms with Crippen LogP contribution in [0.5, 0.6) is 0 Å². The van der Waals surface area contributed by atoms with Gasteiger partial charge in [0.1, 0.15) is 11.6 Å². The number of halogens is 2. The fraction of sp³-hybridized carbons (Fsp3) is 0.412. The number of carbonyl (C=O) groups is 1. The predicted molar refractivity (Wildman–Crippen MR) is 91.2 cm³/mol. The lowest BCUT2D eigenvalue weighted by Gasteiger charge is -2.33. The summed E-state index contributed by atoms with van der Waals surface area (Å²) in [4.78, 5) is 18.3. The first-order chi connectivity index (χ1) is 12.0. The van der Waals surface area contributed by atoms with Gasteiger partial charge in [0.15, 0.2) is 5.13 Å². The minimum atomic E-state index is -1.14. The molecule has 1 aliphatic heterocycles. The predicted octanol–water partition coefficient (Wildman–Crippen LogP) is 2.81. The van der Waals surface area contributed by atoms with Gasteiger partial charge < -0.3 is 10.4 Å². The van der Waals surface area contributed by atoms with E-state index in [1.54, 1.807) is 11.6 Å². The largest absolute Gasteiger partial charge is 0.387 e. The van der Waals surface area contributed by atoms with Crippen molar-refractivity contribution in [3.63, 3.8) is 0 Å². The van der Waals surface area contributed by atoms with Crippen molar-refractivity contribution in [2.45, 2.75) is 18.9 Å². The number of amides is 1. The van der Waals surface area contributed by atoms with Gasteiger partial charge in [-0.05, 0) is 37.6 Å². The molecule has 0 radical (unpaired) electrons. The minimum Gasteiger partial charge on any atom is -0.387 e. The van der Waals surface area contributed by atoms with Crippen molar-refractivity contribution in [3.05, 3.63) is 47.0 Å². The number of benzene rings is 1. The van der Waals surface area contributed by atoms with Gasteiger partial charge in [-0.3, -0.25) is 9.69 Å². The maximum absolute atomic E-state index is 13.8. The second kappa shape index (κ2) is 7.99. The average Bonchev–Trinajstić information content (AvgIpc) is 3.10. The fourth-order valence-corrected chi connectivity index (χ4v) is 3.57. The van der Waals surface area contributed by atoms with Gasteiger partial charge in [0, 0.05) is 30.2 Å². The second-order valence-corrected chi connectivity index (χ2v) is 7.00. The topological polar surface area (TPSA) is 65.5 Å². The molecular weight excluding hydrogens is 348 g/mol. The number of hydrogen-bond donors (Lipinski definition) is 2. The lowest BCUT2D eigenvalue weighted by molar-refractivity contribution is -0.121. The molecule has 1 aromatic carbocycles. The van der Waals surface area contributed by atoms with E-state index in [-0.39, 0.29) is 23.9 Å². The van der Waals surface area contributed by atoms with Crippen LogP contribution >= 0.6 is 11.3 Å². The van der Waals surface area contributed by atoms with Crippen molar-refractivity contribution < 1.29 is 18.7 Å². The van der Waals surface area contributed by atoms with Crippen LogP contribution in [0, 0.1) is 17.6 Å². The molecule has 2 heterocycles. The third-order valence-corrected chi connectivity index (χ3v) is 4.98. The Morgan fingerprint density at radius 1 is 1.48 bits per heavy atom. The van der Waals surface area contributed by atoms with Crippen LogP contribution in [0.25, 0.3) is 0 Å². The molecule has 1 amide bonds. The minimum absolute atomic E-state index is 0.0608. The normalized spacial score (nSPS) is 19.6. The summed E-state index contributed by atoms with van der Waals surface area (Å²) in [5.74, 6) is -1.55. The number of piperidine rings is 1. The summed E-state index contributed by atoms with van der Waals surface area (Å²) < 4.78 is 27.1. The van der Waals surface area contributed by atoms with Crippen LogP contribution in [0.3, 0.4) is 0 Å². The molecular formula is C17H19F2N3O2S. The standard InChI is InChI=1S/C17H19F2N3O2S/c18-12-3-4-14(19)13(8-12)15(23)10-22-6-1-2-11(9-22)16(24)21-17-20-5-7-25-17/h3-5,7-8,11,15,23H,1-2,6,9-10H2,(H,20,21,24)/t11-,15-/m1/s1. The summed E-state index contributed by atoms with van der Waals surface area (Å²) in [6, 6.07) is 3.04. The van der Waals surface area contributed by atoms with Crippen LogP contribution < -0.4 is 5.32 Å². The Hall–Kier alpha value is -1.90. The van der Waals surface area contributed by atoms with Gasteiger partial charge >= 0.3 is 0 Å². The maximum Gasteiger partial charge on any atom is 0.230 e. The third-order valence-electron chi connectivity index (χ3n) is 4.29. The zero-order chi connectivity index (χ0) is 17.8. The molecule has 0 spiro atoms. The molecule has 2 atom stereocenters. The van der Waals surface area contributed by atoms with Crippen LogP contribution in [-0.2, 0) is 4.79 Å².